The van der Waals surface area contributed by atoms with Crippen LogP contribution in [-0.4, -0.2) is 49.6 Å². The number of rotatable bonds is 4. The first-order valence-corrected chi connectivity index (χ1v) is 6.41. The molecule has 5 atom stereocenters. The highest BCUT2D eigenvalue weighted by atomic mass is 16.4. The van der Waals surface area contributed by atoms with E-state index < -0.39 is 47.2 Å². The molecule has 2 saturated carbocycles. The van der Waals surface area contributed by atoms with Gasteiger partial charge in [-0.3, -0.25) is 14.4 Å². The molecule has 1 aromatic heterocycles. The number of hydrogen-bond donors (Lipinski definition) is 5. The Morgan fingerprint density at radius 2 is 2.14 bits per heavy atom. The summed E-state index contributed by atoms with van der Waals surface area (Å²) < 4.78 is 0. The summed E-state index contributed by atoms with van der Waals surface area (Å²) in [5.74, 6) is -4.74. The average molecular weight is 294 g/mol. The number of fused-ring (bicyclic) bond motifs is 1. The Bertz CT molecular complexity index is 615. The van der Waals surface area contributed by atoms with Crippen molar-refractivity contribution in [2.24, 2.45) is 23.5 Å². The van der Waals surface area contributed by atoms with E-state index in [-0.39, 0.29) is 12.1 Å². The topological polar surface area (TPSA) is 158 Å². The van der Waals surface area contributed by atoms with Gasteiger partial charge in [-0.25, -0.2) is 4.98 Å². The van der Waals surface area contributed by atoms with Crippen LogP contribution < -0.4 is 11.1 Å². The fourth-order valence-corrected chi connectivity index (χ4v) is 3.46. The summed E-state index contributed by atoms with van der Waals surface area (Å²) in [4.78, 5) is 40.9. The number of nitrogens with two attached hydrogens (primary N) is 1. The molecule has 0 aromatic carbocycles. The van der Waals surface area contributed by atoms with E-state index >= 15 is 0 Å². The van der Waals surface area contributed by atoms with Gasteiger partial charge in [-0.05, 0) is 12.3 Å². The maximum atomic E-state index is 12.0. The Labute approximate surface area is 118 Å². The van der Waals surface area contributed by atoms with Gasteiger partial charge < -0.3 is 26.2 Å². The molecule has 0 bridgehead atoms. The highest BCUT2D eigenvalue weighted by Crippen LogP contribution is 2.61. The smallest absolute Gasteiger partial charge is 0.324 e. The van der Waals surface area contributed by atoms with Crippen LogP contribution in [0.4, 0.5) is 0 Å². The number of carbonyl (C=O) groups excluding carboxylic acids is 1. The number of carboxylic acids is 2. The summed E-state index contributed by atoms with van der Waals surface area (Å²) in [6.07, 6.45) is 2.75. The molecule has 0 saturated heterocycles. The van der Waals surface area contributed by atoms with E-state index in [1.54, 1.807) is 0 Å². The van der Waals surface area contributed by atoms with Gasteiger partial charge in [0.2, 0.25) is 0 Å². The average Bonchev–Trinajstić information content (AvgIpc) is 2.78. The lowest BCUT2D eigenvalue weighted by Crippen LogP contribution is -2.52. The van der Waals surface area contributed by atoms with Gasteiger partial charge in [0, 0.05) is 18.2 Å². The first kappa shape index (κ1) is 13.6. The van der Waals surface area contributed by atoms with Crippen LogP contribution in [0, 0.1) is 17.8 Å². The fourth-order valence-electron chi connectivity index (χ4n) is 3.46. The van der Waals surface area contributed by atoms with E-state index in [2.05, 4.69) is 15.3 Å². The SMILES string of the molecule is NC1(C(=O)O)CC(NC(=O)c2c[nH]cn2)C2C1[C@H]2C(=O)O. The van der Waals surface area contributed by atoms with Crippen molar-refractivity contribution >= 4 is 17.8 Å². The standard InChI is InChI=1S/C12H14N4O5/c13-12(11(20)21)1-4(6-7(8(6)12)10(18)19)16-9(17)5-2-14-3-15-5/h2-4,6-8H,1,13H2,(H,14,15)(H,16,17)(H,18,19)(H,20,21)/t4?,6?,7-,8?,12?/m0/s1. The van der Waals surface area contributed by atoms with Gasteiger partial charge in [-0.15, -0.1) is 0 Å². The van der Waals surface area contributed by atoms with Crippen molar-refractivity contribution in [1.82, 2.24) is 15.3 Å². The van der Waals surface area contributed by atoms with Crippen molar-refractivity contribution in [2.75, 3.05) is 0 Å². The molecule has 2 aliphatic rings. The van der Waals surface area contributed by atoms with E-state index in [0.29, 0.717) is 0 Å². The number of carboxylic acid groups (broad SMARTS) is 2. The number of amides is 1. The molecule has 0 radical (unpaired) electrons. The molecular weight excluding hydrogens is 280 g/mol. The number of nitrogens with zero attached hydrogens (tertiary/aromatic N) is 1. The third-order valence-electron chi connectivity index (χ3n) is 4.42. The molecule has 0 aliphatic heterocycles. The van der Waals surface area contributed by atoms with E-state index in [9.17, 15) is 19.5 Å². The molecule has 112 valence electrons. The second-order valence-corrected chi connectivity index (χ2v) is 5.55. The lowest BCUT2D eigenvalue weighted by Gasteiger charge is -2.24. The first-order valence-electron chi connectivity index (χ1n) is 6.41. The molecule has 2 aliphatic carbocycles. The number of imidazole rings is 1. The predicted molar refractivity (Wildman–Crippen MR) is 67.1 cm³/mol. The van der Waals surface area contributed by atoms with Gasteiger partial charge in [0.15, 0.2) is 0 Å². The van der Waals surface area contributed by atoms with Crippen LogP contribution in [-0.2, 0) is 9.59 Å². The lowest BCUT2D eigenvalue weighted by atomic mass is 9.90. The third-order valence-corrected chi connectivity index (χ3v) is 4.42. The minimum Gasteiger partial charge on any atom is -0.481 e. The van der Waals surface area contributed by atoms with Gasteiger partial charge in [0.1, 0.15) is 11.2 Å². The van der Waals surface area contributed by atoms with Crippen LogP contribution in [0.15, 0.2) is 12.5 Å². The summed E-state index contributed by atoms with van der Waals surface area (Å²) in [5, 5.41) is 21.0. The quantitative estimate of drug-likeness (QED) is 0.458. The molecule has 9 nitrogen and oxygen atoms in total. The number of carbonyl (C=O) groups is 3. The summed E-state index contributed by atoms with van der Waals surface area (Å²) in [6, 6.07) is -0.582. The number of nitrogens with one attached hydrogen (secondary N) is 2. The predicted octanol–water partition coefficient (Wildman–Crippen LogP) is -1.36. The Hall–Kier alpha value is -2.42. The van der Waals surface area contributed by atoms with Gasteiger partial charge in [0.05, 0.1) is 12.2 Å². The van der Waals surface area contributed by atoms with E-state index in [0.717, 1.165) is 0 Å². The largest absolute Gasteiger partial charge is 0.481 e. The van der Waals surface area contributed by atoms with Crippen molar-refractivity contribution in [2.45, 2.75) is 18.0 Å². The summed E-state index contributed by atoms with van der Waals surface area (Å²) in [7, 11) is 0. The first-order chi connectivity index (χ1) is 9.86. The van der Waals surface area contributed by atoms with Crippen molar-refractivity contribution < 1.29 is 24.6 Å². The summed E-state index contributed by atoms with van der Waals surface area (Å²) >= 11 is 0. The third kappa shape index (κ3) is 1.88. The Kier molecular flexibility index (Phi) is 2.77. The van der Waals surface area contributed by atoms with Crippen molar-refractivity contribution in [3.8, 4) is 0 Å². The Morgan fingerprint density at radius 3 is 2.67 bits per heavy atom. The van der Waals surface area contributed by atoms with Crippen LogP contribution in [0.25, 0.3) is 0 Å². The van der Waals surface area contributed by atoms with E-state index in [4.69, 9.17) is 10.8 Å². The van der Waals surface area contributed by atoms with Crippen molar-refractivity contribution in [1.29, 1.82) is 0 Å². The number of hydrogen-bond acceptors (Lipinski definition) is 5. The molecule has 9 heteroatoms. The van der Waals surface area contributed by atoms with E-state index in [1.165, 1.54) is 12.5 Å². The molecular formula is C12H14N4O5. The molecule has 3 rings (SSSR count). The zero-order chi connectivity index (χ0) is 15.4. The van der Waals surface area contributed by atoms with Gasteiger partial charge in [0.25, 0.3) is 5.91 Å². The normalized spacial score (nSPS) is 36.8. The van der Waals surface area contributed by atoms with E-state index in [1.807, 2.05) is 0 Å². The molecule has 6 N–H and O–H groups in total. The number of aliphatic carboxylic acids is 2. The molecule has 1 amide bonds. The number of aromatic nitrogens is 2. The molecule has 0 spiro atoms. The van der Waals surface area contributed by atoms with Crippen LogP contribution in [0.2, 0.25) is 0 Å². The monoisotopic (exact) mass is 294 g/mol. The second-order valence-electron chi connectivity index (χ2n) is 5.55. The highest BCUT2D eigenvalue weighted by Gasteiger charge is 2.74. The lowest BCUT2D eigenvalue weighted by molar-refractivity contribution is -0.145. The van der Waals surface area contributed by atoms with Gasteiger partial charge in [-0.2, -0.15) is 0 Å². The van der Waals surface area contributed by atoms with Crippen molar-refractivity contribution in [3.63, 3.8) is 0 Å². The van der Waals surface area contributed by atoms with Crippen LogP contribution in [0.1, 0.15) is 16.9 Å². The maximum absolute atomic E-state index is 12.0. The molecule has 21 heavy (non-hydrogen) atoms. The zero-order valence-corrected chi connectivity index (χ0v) is 10.8. The highest BCUT2D eigenvalue weighted by molar-refractivity contribution is 5.93. The Morgan fingerprint density at radius 1 is 1.43 bits per heavy atom. The minimum atomic E-state index is -1.61. The summed E-state index contributed by atoms with van der Waals surface area (Å²) in [5.41, 5.74) is 4.41. The summed E-state index contributed by atoms with van der Waals surface area (Å²) in [6.45, 7) is 0. The second kappa shape index (κ2) is 4.29. The van der Waals surface area contributed by atoms with Gasteiger partial charge in [-0.1, -0.05) is 0 Å². The molecule has 2 fully saturated rings. The Balaban J connectivity index is 1.80. The molecule has 4 unspecified atom stereocenters. The van der Waals surface area contributed by atoms with Crippen molar-refractivity contribution in [3.05, 3.63) is 18.2 Å². The number of aromatic amines is 1. The maximum Gasteiger partial charge on any atom is 0.324 e. The molecule has 1 aromatic rings. The van der Waals surface area contributed by atoms with Gasteiger partial charge >= 0.3 is 11.9 Å². The van der Waals surface area contributed by atoms with Crippen LogP contribution >= 0.6 is 0 Å². The fraction of sp³-hybridized carbons (Fsp3) is 0.500. The van der Waals surface area contributed by atoms with Crippen LogP contribution in [0.3, 0.4) is 0 Å². The zero-order valence-electron chi connectivity index (χ0n) is 10.8. The minimum absolute atomic E-state index is 0.0115. The van der Waals surface area contributed by atoms with Crippen LogP contribution in [0.5, 0.6) is 0 Å². The molecule has 1 heterocycles. The number of H-pyrrole nitrogens is 1.